The molecule has 70 valence electrons. The van der Waals surface area contributed by atoms with Crippen molar-refractivity contribution in [1.29, 1.82) is 0 Å². The van der Waals surface area contributed by atoms with Gasteiger partial charge in [0.05, 0.1) is 6.20 Å². The number of rotatable bonds is 1. The summed E-state index contributed by atoms with van der Waals surface area (Å²) in [5, 5.41) is 8.66. The standard InChI is InChI=1S/C8H5N3O3/c12-7-5(8(13)14)3-10-6-4-9-1-2-11(6)7/h1-4H,(H,13,14). The highest BCUT2D eigenvalue weighted by Gasteiger charge is 2.10. The number of nitrogens with zero attached hydrogens (tertiary/aromatic N) is 3. The Morgan fingerprint density at radius 2 is 2.21 bits per heavy atom. The lowest BCUT2D eigenvalue weighted by atomic mass is 10.3. The Morgan fingerprint density at radius 3 is 2.93 bits per heavy atom. The molecule has 0 aliphatic carbocycles. The first-order valence-electron chi connectivity index (χ1n) is 3.75. The molecule has 14 heavy (non-hydrogen) atoms. The Balaban J connectivity index is 2.89. The zero-order valence-electron chi connectivity index (χ0n) is 6.91. The molecule has 0 aliphatic heterocycles. The smallest absolute Gasteiger partial charge is 0.342 e. The van der Waals surface area contributed by atoms with Crippen LogP contribution in [0.3, 0.4) is 0 Å². The van der Waals surface area contributed by atoms with Gasteiger partial charge < -0.3 is 5.11 Å². The number of hydrogen-bond donors (Lipinski definition) is 1. The Kier molecular flexibility index (Phi) is 1.74. The molecule has 0 unspecified atom stereocenters. The minimum atomic E-state index is -1.28. The molecule has 2 aromatic rings. The van der Waals surface area contributed by atoms with Crippen LogP contribution in [-0.4, -0.2) is 25.4 Å². The topological polar surface area (TPSA) is 84.6 Å². The SMILES string of the molecule is O=C(O)c1cnc2cnccn2c1=O. The number of carboxylic acids is 1. The summed E-state index contributed by atoms with van der Waals surface area (Å²) in [6.45, 7) is 0. The molecule has 0 saturated heterocycles. The van der Waals surface area contributed by atoms with Crippen molar-refractivity contribution in [2.24, 2.45) is 0 Å². The van der Waals surface area contributed by atoms with Gasteiger partial charge in [-0.05, 0) is 0 Å². The summed E-state index contributed by atoms with van der Waals surface area (Å²) in [6, 6.07) is 0. The molecular formula is C8H5N3O3. The van der Waals surface area contributed by atoms with E-state index in [-0.39, 0.29) is 5.56 Å². The average Bonchev–Trinajstić information content (AvgIpc) is 2.18. The second kappa shape index (κ2) is 2.91. The van der Waals surface area contributed by atoms with E-state index in [1.54, 1.807) is 0 Å². The van der Waals surface area contributed by atoms with Crippen molar-refractivity contribution in [3.8, 4) is 0 Å². The maximum Gasteiger partial charge on any atom is 0.342 e. The third-order valence-corrected chi connectivity index (χ3v) is 1.74. The lowest BCUT2D eigenvalue weighted by Crippen LogP contribution is -2.22. The van der Waals surface area contributed by atoms with Crippen molar-refractivity contribution in [2.45, 2.75) is 0 Å². The summed E-state index contributed by atoms with van der Waals surface area (Å²) in [4.78, 5) is 29.6. The molecular weight excluding hydrogens is 186 g/mol. The van der Waals surface area contributed by atoms with Crippen LogP contribution in [-0.2, 0) is 0 Å². The lowest BCUT2D eigenvalue weighted by molar-refractivity contribution is 0.0694. The van der Waals surface area contributed by atoms with Crippen molar-refractivity contribution in [3.05, 3.63) is 40.7 Å². The van der Waals surface area contributed by atoms with E-state index in [1.165, 1.54) is 18.6 Å². The van der Waals surface area contributed by atoms with Gasteiger partial charge in [-0.3, -0.25) is 14.2 Å². The molecule has 2 aromatic heterocycles. The van der Waals surface area contributed by atoms with Crippen molar-refractivity contribution in [3.63, 3.8) is 0 Å². The largest absolute Gasteiger partial charge is 0.477 e. The Labute approximate surface area is 77.5 Å². The molecule has 0 amide bonds. The second-order valence-electron chi connectivity index (χ2n) is 2.59. The van der Waals surface area contributed by atoms with E-state index in [0.717, 1.165) is 10.6 Å². The molecule has 1 N–H and O–H groups in total. The molecule has 0 spiro atoms. The molecule has 0 saturated carbocycles. The number of fused-ring (bicyclic) bond motifs is 1. The molecule has 0 radical (unpaired) electrons. The van der Waals surface area contributed by atoms with Gasteiger partial charge in [0.1, 0.15) is 5.56 Å². The first-order chi connectivity index (χ1) is 6.70. The predicted octanol–water partition coefficient (Wildman–Crippen LogP) is -0.212. The van der Waals surface area contributed by atoms with Gasteiger partial charge in [0.2, 0.25) is 0 Å². The molecule has 2 heterocycles. The van der Waals surface area contributed by atoms with Crippen LogP contribution in [0, 0.1) is 0 Å². The fraction of sp³-hybridized carbons (Fsp3) is 0. The Hall–Kier alpha value is -2.24. The monoisotopic (exact) mass is 191 g/mol. The third kappa shape index (κ3) is 1.13. The third-order valence-electron chi connectivity index (χ3n) is 1.74. The number of aromatic carboxylic acids is 1. The van der Waals surface area contributed by atoms with Crippen LogP contribution in [0.5, 0.6) is 0 Å². The molecule has 0 bridgehead atoms. The van der Waals surface area contributed by atoms with Gasteiger partial charge in [-0.1, -0.05) is 0 Å². The van der Waals surface area contributed by atoms with Crippen LogP contribution in [0.25, 0.3) is 5.65 Å². The van der Waals surface area contributed by atoms with Crippen LogP contribution in [0.1, 0.15) is 10.4 Å². The summed E-state index contributed by atoms with van der Waals surface area (Å²) < 4.78 is 1.14. The van der Waals surface area contributed by atoms with Crippen LogP contribution in [0.4, 0.5) is 0 Å². The fourth-order valence-corrected chi connectivity index (χ4v) is 1.08. The first kappa shape index (κ1) is 8.36. The molecule has 0 aliphatic rings. The minimum Gasteiger partial charge on any atom is -0.477 e. The first-order valence-corrected chi connectivity index (χ1v) is 3.75. The van der Waals surface area contributed by atoms with Gasteiger partial charge in [0, 0.05) is 18.6 Å². The number of aromatic nitrogens is 3. The fourth-order valence-electron chi connectivity index (χ4n) is 1.08. The maximum absolute atomic E-state index is 11.5. The van der Waals surface area contributed by atoms with Crippen molar-refractivity contribution < 1.29 is 9.90 Å². The highest BCUT2D eigenvalue weighted by Crippen LogP contribution is 1.94. The molecule has 6 nitrogen and oxygen atoms in total. The zero-order chi connectivity index (χ0) is 10.1. The highest BCUT2D eigenvalue weighted by molar-refractivity contribution is 5.86. The summed E-state index contributed by atoms with van der Waals surface area (Å²) >= 11 is 0. The average molecular weight is 191 g/mol. The van der Waals surface area contributed by atoms with Crippen LogP contribution in [0.15, 0.2) is 29.6 Å². The number of carboxylic acid groups (broad SMARTS) is 1. The summed E-state index contributed by atoms with van der Waals surface area (Å²) in [7, 11) is 0. The number of hydrogen-bond acceptors (Lipinski definition) is 4. The van der Waals surface area contributed by atoms with Crippen LogP contribution >= 0.6 is 0 Å². The van der Waals surface area contributed by atoms with Gasteiger partial charge in [-0.2, -0.15) is 0 Å². The minimum absolute atomic E-state index is 0.322. The second-order valence-corrected chi connectivity index (χ2v) is 2.59. The van der Waals surface area contributed by atoms with Gasteiger partial charge in [-0.25, -0.2) is 9.78 Å². The Morgan fingerprint density at radius 1 is 1.43 bits per heavy atom. The predicted molar refractivity (Wildman–Crippen MR) is 46.2 cm³/mol. The normalized spacial score (nSPS) is 10.3. The van der Waals surface area contributed by atoms with E-state index in [1.807, 2.05) is 0 Å². The van der Waals surface area contributed by atoms with E-state index in [0.29, 0.717) is 5.65 Å². The van der Waals surface area contributed by atoms with E-state index < -0.39 is 11.5 Å². The molecule has 0 aromatic carbocycles. The Bertz CT molecular complexity index is 561. The molecule has 0 fully saturated rings. The van der Waals surface area contributed by atoms with E-state index in [4.69, 9.17) is 5.11 Å². The van der Waals surface area contributed by atoms with Gasteiger partial charge in [0.15, 0.2) is 5.65 Å². The number of carbonyl (C=O) groups is 1. The van der Waals surface area contributed by atoms with Crippen LogP contribution in [0.2, 0.25) is 0 Å². The summed E-state index contributed by atoms with van der Waals surface area (Å²) in [6.07, 6.45) is 5.17. The summed E-state index contributed by atoms with van der Waals surface area (Å²) in [5.74, 6) is -1.28. The van der Waals surface area contributed by atoms with Gasteiger partial charge >= 0.3 is 5.97 Å². The van der Waals surface area contributed by atoms with Gasteiger partial charge in [-0.15, -0.1) is 0 Å². The molecule has 6 heteroatoms. The van der Waals surface area contributed by atoms with E-state index >= 15 is 0 Å². The van der Waals surface area contributed by atoms with Crippen LogP contribution < -0.4 is 5.56 Å². The van der Waals surface area contributed by atoms with E-state index in [9.17, 15) is 9.59 Å². The zero-order valence-corrected chi connectivity index (χ0v) is 6.91. The van der Waals surface area contributed by atoms with E-state index in [2.05, 4.69) is 9.97 Å². The highest BCUT2D eigenvalue weighted by atomic mass is 16.4. The maximum atomic E-state index is 11.5. The van der Waals surface area contributed by atoms with Crippen molar-refractivity contribution in [2.75, 3.05) is 0 Å². The lowest BCUT2D eigenvalue weighted by Gasteiger charge is -1.98. The quantitative estimate of drug-likeness (QED) is 0.674. The summed E-state index contributed by atoms with van der Waals surface area (Å²) in [5.41, 5.74) is -0.638. The van der Waals surface area contributed by atoms with Gasteiger partial charge in [0.25, 0.3) is 5.56 Å². The van der Waals surface area contributed by atoms with Crippen molar-refractivity contribution >= 4 is 11.6 Å². The van der Waals surface area contributed by atoms with Crippen molar-refractivity contribution in [1.82, 2.24) is 14.4 Å². The molecule has 0 atom stereocenters. The molecule has 2 rings (SSSR count).